The van der Waals surface area contributed by atoms with Crippen molar-refractivity contribution in [1.29, 1.82) is 0 Å². The molecule has 0 spiro atoms. The van der Waals surface area contributed by atoms with Gasteiger partial charge in [-0.3, -0.25) is 0 Å². The molecule has 29 heavy (non-hydrogen) atoms. The van der Waals surface area contributed by atoms with Crippen molar-refractivity contribution < 1.29 is 9.47 Å². The minimum atomic E-state index is 0.619. The minimum absolute atomic E-state index is 0.619. The molecule has 3 nitrogen and oxygen atoms in total. The van der Waals surface area contributed by atoms with Gasteiger partial charge in [-0.05, 0) is 34.7 Å². The van der Waals surface area contributed by atoms with Gasteiger partial charge in [-0.25, -0.2) is 0 Å². The van der Waals surface area contributed by atoms with Gasteiger partial charge in [0.15, 0.2) is 11.5 Å². The van der Waals surface area contributed by atoms with E-state index < -0.39 is 0 Å². The van der Waals surface area contributed by atoms with Crippen molar-refractivity contribution in [3.8, 4) is 11.5 Å². The maximum Gasteiger partial charge on any atom is 0.161 e. The fourth-order valence-electron chi connectivity index (χ4n) is 3.44. The predicted molar refractivity (Wildman–Crippen MR) is 120 cm³/mol. The summed E-state index contributed by atoms with van der Waals surface area (Å²) in [6.07, 6.45) is 0.869. The zero-order valence-corrected chi connectivity index (χ0v) is 16.6. The molecule has 0 heterocycles. The second-order valence-electron chi connectivity index (χ2n) is 6.95. The maximum absolute atomic E-state index is 5.96. The number of fused-ring (bicyclic) bond motifs is 1. The normalized spacial score (nSPS) is 10.7. The van der Waals surface area contributed by atoms with Crippen molar-refractivity contribution >= 4 is 16.5 Å². The molecule has 0 saturated carbocycles. The van der Waals surface area contributed by atoms with Crippen molar-refractivity contribution in [3.63, 3.8) is 0 Å². The Morgan fingerprint density at radius 1 is 0.724 bits per heavy atom. The third-order valence-corrected chi connectivity index (χ3v) is 4.99. The first-order valence-electron chi connectivity index (χ1n) is 9.89. The lowest BCUT2D eigenvalue weighted by atomic mass is 10.1. The van der Waals surface area contributed by atoms with E-state index in [0.29, 0.717) is 13.2 Å². The highest BCUT2D eigenvalue weighted by atomic mass is 16.5. The fraction of sp³-hybridized carbons (Fsp3) is 0.154. The van der Waals surface area contributed by atoms with Gasteiger partial charge in [0.2, 0.25) is 0 Å². The number of anilines is 1. The molecule has 0 atom stereocenters. The monoisotopic (exact) mass is 383 g/mol. The van der Waals surface area contributed by atoms with Gasteiger partial charge in [0.05, 0.1) is 13.7 Å². The van der Waals surface area contributed by atoms with Crippen molar-refractivity contribution in [1.82, 2.24) is 0 Å². The molecule has 4 rings (SSSR count). The molecule has 0 radical (unpaired) electrons. The van der Waals surface area contributed by atoms with Crippen molar-refractivity contribution in [2.75, 3.05) is 19.0 Å². The van der Waals surface area contributed by atoms with E-state index in [9.17, 15) is 0 Å². The van der Waals surface area contributed by atoms with Crippen molar-refractivity contribution in [3.05, 3.63) is 102 Å². The molecular weight excluding hydrogens is 358 g/mol. The average Bonchev–Trinajstić information content (AvgIpc) is 2.79. The summed E-state index contributed by atoms with van der Waals surface area (Å²) in [7, 11) is 1.68. The number of nitrogens with one attached hydrogen (secondary N) is 1. The van der Waals surface area contributed by atoms with Crippen LogP contribution in [0.3, 0.4) is 0 Å². The number of rotatable bonds is 8. The minimum Gasteiger partial charge on any atom is -0.493 e. The average molecular weight is 383 g/mol. The van der Waals surface area contributed by atoms with E-state index in [2.05, 4.69) is 66.0 Å². The van der Waals surface area contributed by atoms with E-state index in [1.165, 1.54) is 16.3 Å². The Kier molecular flexibility index (Phi) is 5.96. The number of hydrogen-bond donors (Lipinski definition) is 1. The summed E-state index contributed by atoms with van der Waals surface area (Å²) < 4.78 is 11.5. The molecule has 0 aromatic heterocycles. The molecule has 4 aromatic rings. The lowest BCUT2D eigenvalue weighted by molar-refractivity contribution is 0.297. The second kappa shape index (κ2) is 9.16. The third-order valence-electron chi connectivity index (χ3n) is 4.99. The van der Waals surface area contributed by atoms with Gasteiger partial charge in [0.1, 0.15) is 0 Å². The summed E-state index contributed by atoms with van der Waals surface area (Å²) in [5.74, 6) is 1.53. The van der Waals surface area contributed by atoms with Crippen LogP contribution < -0.4 is 14.8 Å². The first kappa shape index (κ1) is 18.9. The summed E-state index contributed by atoms with van der Waals surface area (Å²) in [5, 5.41) is 6.00. The second-order valence-corrected chi connectivity index (χ2v) is 6.95. The highest BCUT2D eigenvalue weighted by Crippen LogP contribution is 2.29. The lowest BCUT2D eigenvalue weighted by Crippen LogP contribution is -2.04. The Morgan fingerprint density at radius 3 is 2.38 bits per heavy atom. The molecule has 0 bridgehead atoms. The molecule has 3 heteroatoms. The van der Waals surface area contributed by atoms with E-state index in [0.717, 1.165) is 29.2 Å². The Balaban J connectivity index is 1.41. The Hall–Kier alpha value is -3.46. The Morgan fingerprint density at radius 2 is 1.52 bits per heavy atom. The third kappa shape index (κ3) is 4.69. The first-order valence-corrected chi connectivity index (χ1v) is 9.89. The summed E-state index contributed by atoms with van der Waals surface area (Å²) >= 11 is 0. The summed E-state index contributed by atoms with van der Waals surface area (Å²) in [6.45, 7) is 1.34. The van der Waals surface area contributed by atoms with Crippen molar-refractivity contribution in [2.24, 2.45) is 0 Å². The van der Waals surface area contributed by atoms with Crippen LogP contribution >= 0.6 is 0 Å². The zero-order chi connectivity index (χ0) is 19.9. The SMILES string of the molecule is COc1cc(CNc2cccc3ccccc23)ccc1OCCc1ccccc1. The maximum atomic E-state index is 5.96. The van der Waals surface area contributed by atoms with Crippen LogP contribution in [0.5, 0.6) is 11.5 Å². The van der Waals surface area contributed by atoms with Crippen LogP contribution in [0.2, 0.25) is 0 Å². The molecule has 4 aromatic carbocycles. The largest absolute Gasteiger partial charge is 0.493 e. The van der Waals surface area contributed by atoms with Gasteiger partial charge in [-0.15, -0.1) is 0 Å². The van der Waals surface area contributed by atoms with Crippen LogP contribution in [0.4, 0.5) is 5.69 Å². The summed E-state index contributed by atoms with van der Waals surface area (Å²) in [6, 6.07) is 31.2. The molecule has 0 unspecified atom stereocenters. The number of benzene rings is 4. The van der Waals surface area contributed by atoms with Crippen LogP contribution in [0.1, 0.15) is 11.1 Å². The molecule has 1 N–H and O–H groups in total. The van der Waals surface area contributed by atoms with Crippen LogP contribution in [-0.4, -0.2) is 13.7 Å². The van der Waals surface area contributed by atoms with Crippen LogP contribution in [0, 0.1) is 0 Å². The highest BCUT2D eigenvalue weighted by molar-refractivity contribution is 5.93. The van der Waals surface area contributed by atoms with E-state index >= 15 is 0 Å². The van der Waals surface area contributed by atoms with Gasteiger partial charge in [0.25, 0.3) is 0 Å². The summed E-state index contributed by atoms with van der Waals surface area (Å²) in [5.41, 5.74) is 3.54. The lowest BCUT2D eigenvalue weighted by Gasteiger charge is -2.14. The van der Waals surface area contributed by atoms with Gasteiger partial charge < -0.3 is 14.8 Å². The quantitative estimate of drug-likeness (QED) is 0.400. The zero-order valence-electron chi connectivity index (χ0n) is 16.6. The van der Waals surface area contributed by atoms with Gasteiger partial charge in [-0.2, -0.15) is 0 Å². The molecule has 0 aliphatic carbocycles. The van der Waals surface area contributed by atoms with Crippen LogP contribution in [0.15, 0.2) is 91.0 Å². The Labute approximate surface area is 171 Å². The molecule has 146 valence electrons. The first-order chi connectivity index (χ1) is 14.3. The Bertz CT molecular complexity index is 1070. The molecule has 0 amide bonds. The molecule has 0 aliphatic rings. The van der Waals surface area contributed by atoms with Gasteiger partial charge >= 0.3 is 0 Å². The number of methoxy groups -OCH3 is 1. The molecule has 0 saturated heterocycles. The smallest absolute Gasteiger partial charge is 0.161 e. The predicted octanol–water partition coefficient (Wildman–Crippen LogP) is 6.08. The molecule has 0 aliphatic heterocycles. The van der Waals surface area contributed by atoms with Crippen LogP contribution in [0.25, 0.3) is 10.8 Å². The van der Waals surface area contributed by atoms with E-state index in [1.54, 1.807) is 7.11 Å². The number of hydrogen-bond acceptors (Lipinski definition) is 3. The van der Waals surface area contributed by atoms with E-state index in [1.807, 2.05) is 30.3 Å². The van der Waals surface area contributed by atoms with E-state index in [-0.39, 0.29) is 0 Å². The van der Waals surface area contributed by atoms with E-state index in [4.69, 9.17) is 9.47 Å². The highest BCUT2D eigenvalue weighted by Gasteiger charge is 2.07. The molecule has 0 fully saturated rings. The van der Waals surface area contributed by atoms with Crippen molar-refractivity contribution in [2.45, 2.75) is 13.0 Å². The standard InChI is InChI=1S/C26H25NO2/c1-28-26-18-21(14-15-25(26)29-17-16-20-8-3-2-4-9-20)19-27-24-13-7-11-22-10-5-6-12-23(22)24/h2-15,18,27H,16-17,19H2,1H3. The fourth-order valence-corrected chi connectivity index (χ4v) is 3.44. The van der Waals surface area contributed by atoms with Gasteiger partial charge in [0, 0.05) is 24.0 Å². The van der Waals surface area contributed by atoms with Gasteiger partial charge in [-0.1, -0.05) is 72.8 Å². The van der Waals surface area contributed by atoms with Crippen LogP contribution in [-0.2, 0) is 13.0 Å². The number of ether oxygens (including phenoxy) is 2. The topological polar surface area (TPSA) is 30.5 Å². The summed E-state index contributed by atoms with van der Waals surface area (Å²) in [4.78, 5) is 0. The molecular formula is C26H25NO2.